The summed E-state index contributed by atoms with van der Waals surface area (Å²) in [4.78, 5) is 41.8. The summed E-state index contributed by atoms with van der Waals surface area (Å²) in [7, 11) is 0. The minimum Gasteiger partial charge on any atom is -0.464 e. The standard InChI is InChI=1S/C26H31ClN4O4/c1-3-35-24(32)23(15-18-8-9-21(27)17(2)14-18)29-25(33)30-12-10-20(11-13-30)31-16-19-6-4-5-7-22(19)28-26(31)34/h4-9,14,20,23H,3,10-13,15-16H2,1-2H3,(H,28,34)(H,29,33). The van der Waals surface area contributed by atoms with Crippen LogP contribution in [0.5, 0.6) is 0 Å². The van der Waals surface area contributed by atoms with E-state index in [1.54, 1.807) is 17.9 Å². The van der Waals surface area contributed by atoms with Gasteiger partial charge in [-0.25, -0.2) is 14.4 Å². The second-order valence-corrected chi connectivity index (χ2v) is 9.38. The van der Waals surface area contributed by atoms with E-state index in [-0.39, 0.29) is 24.7 Å². The van der Waals surface area contributed by atoms with Crippen molar-refractivity contribution >= 4 is 35.3 Å². The monoisotopic (exact) mass is 498 g/mol. The molecule has 4 rings (SSSR count). The molecule has 2 heterocycles. The van der Waals surface area contributed by atoms with Gasteiger partial charge in [0.05, 0.1) is 6.61 Å². The quantitative estimate of drug-likeness (QED) is 0.579. The van der Waals surface area contributed by atoms with E-state index in [9.17, 15) is 14.4 Å². The molecule has 1 atom stereocenters. The van der Waals surface area contributed by atoms with Crippen LogP contribution in [0.3, 0.4) is 0 Å². The largest absolute Gasteiger partial charge is 0.464 e. The Kier molecular flexibility index (Phi) is 7.80. The number of para-hydroxylation sites is 1. The summed E-state index contributed by atoms with van der Waals surface area (Å²) >= 11 is 6.12. The van der Waals surface area contributed by atoms with Crippen LogP contribution in [-0.2, 0) is 22.5 Å². The molecule has 2 aliphatic heterocycles. The third-order valence-corrected chi connectivity index (χ3v) is 7.01. The first-order valence-electron chi connectivity index (χ1n) is 12.0. The lowest BCUT2D eigenvalue weighted by molar-refractivity contribution is -0.145. The Labute approximate surface area is 210 Å². The van der Waals surface area contributed by atoms with Crippen molar-refractivity contribution in [3.05, 3.63) is 64.2 Å². The summed E-state index contributed by atoms with van der Waals surface area (Å²) in [6, 6.07) is 12.2. The number of esters is 1. The van der Waals surface area contributed by atoms with E-state index in [1.165, 1.54) is 0 Å². The fraction of sp³-hybridized carbons (Fsp3) is 0.423. The van der Waals surface area contributed by atoms with Gasteiger partial charge in [0, 0.05) is 42.8 Å². The van der Waals surface area contributed by atoms with Gasteiger partial charge in [0.15, 0.2) is 0 Å². The molecule has 2 aromatic carbocycles. The lowest BCUT2D eigenvalue weighted by Gasteiger charge is -2.40. The highest BCUT2D eigenvalue weighted by atomic mass is 35.5. The highest BCUT2D eigenvalue weighted by molar-refractivity contribution is 6.31. The van der Waals surface area contributed by atoms with Crippen LogP contribution in [0.25, 0.3) is 0 Å². The van der Waals surface area contributed by atoms with Crippen molar-refractivity contribution in [2.75, 3.05) is 25.0 Å². The van der Waals surface area contributed by atoms with Gasteiger partial charge < -0.3 is 25.2 Å². The zero-order chi connectivity index (χ0) is 24.9. The summed E-state index contributed by atoms with van der Waals surface area (Å²) in [6.07, 6.45) is 1.65. The van der Waals surface area contributed by atoms with Gasteiger partial charge in [-0.15, -0.1) is 0 Å². The highest BCUT2D eigenvalue weighted by Gasteiger charge is 2.33. The number of nitrogens with one attached hydrogen (secondary N) is 2. The number of carbonyl (C=O) groups excluding carboxylic acids is 3. The molecule has 0 aromatic heterocycles. The number of nitrogens with zero attached hydrogens (tertiary/aromatic N) is 2. The zero-order valence-corrected chi connectivity index (χ0v) is 20.8. The molecule has 1 unspecified atom stereocenters. The van der Waals surface area contributed by atoms with Crippen LogP contribution < -0.4 is 10.6 Å². The van der Waals surface area contributed by atoms with Gasteiger partial charge in [-0.1, -0.05) is 41.9 Å². The Morgan fingerprint density at radius 1 is 1.20 bits per heavy atom. The van der Waals surface area contributed by atoms with Crippen LogP contribution in [0, 0.1) is 6.92 Å². The van der Waals surface area contributed by atoms with Crippen molar-refractivity contribution in [1.82, 2.24) is 15.1 Å². The number of benzene rings is 2. The second-order valence-electron chi connectivity index (χ2n) is 8.98. The molecule has 186 valence electrons. The highest BCUT2D eigenvalue weighted by Crippen LogP contribution is 2.27. The molecule has 1 saturated heterocycles. The molecule has 2 N–H and O–H groups in total. The number of aryl methyl sites for hydroxylation is 1. The van der Waals surface area contributed by atoms with E-state index < -0.39 is 12.0 Å². The zero-order valence-electron chi connectivity index (χ0n) is 20.1. The van der Waals surface area contributed by atoms with E-state index >= 15 is 0 Å². The number of piperidine rings is 1. The fourth-order valence-corrected chi connectivity index (χ4v) is 4.76. The van der Waals surface area contributed by atoms with Crippen LogP contribution in [0.2, 0.25) is 5.02 Å². The maximum absolute atomic E-state index is 13.0. The predicted octanol–water partition coefficient (Wildman–Crippen LogP) is 4.34. The number of likely N-dealkylation sites (tertiary alicyclic amines) is 1. The average molecular weight is 499 g/mol. The number of carbonyl (C=O) groups is 3. The van der Waals surface area contributed by atoms with Crippen molar-refractivity contribution in [2.45, 2.75) is 51.7 Å². The first-order valence-corrected chi connectivity index (χ1v) is 12.4. The van der Waals surface area contributed by atoms with Crippen molar-refractivity contribution in [3.8, 4) is 0 Å². The lowest BCUT2D eigenvalue weighted by atomic mass is 10.0. The van der Waals surface area contributed by atoms with Crippen LogP contribution in [0.15, 0.2) is 42.5 Å². The molecular formula is C26H31ClN4O4. The van der Waals surface area contributed by atoms with Crippen LogP contribution in [0.4, 0.5) is 15.3 Å². The van der Waals surface area contributed by atoms with Crippen molar-refractivity contribution in [2.24, 2.45) is 0 Å². The molecule has 0 spiro atoms. The van der Waals surface area contributed by atoms with Crippen molar-refractivity contribution in [1.29, 1.82) is 0 Å². The molecule has 0 radical (unpaired) electrons. The fourth-order valence-electron chi connectivity index (χ4n) is 4.64. The minimum atomic E-state index is -0.801. The Bertz CT molecular complexity index is 1100. The third-order valence-electron chi connectivity index (χ3n) is 6.58. The van der Waals surface area contributed by atoms with Crippen molar-refractivity contribution in [3.63, 3.8) is 0 Å². The van der Waals surface area contributed by atoms with Crippen LogP contribution in [0.1, 0.15) is 36.5 Å². The minimum absolute atomic E-state index is 0.0466. The molecule has 1 fully saturated rings. The van der Waals surface area contributed by atoms with Crippen molar-refractivity contribution < 1.29 is 19.1 Å². The summed E-state index contributed by atoms with van der Waals surface area (Å²) < 4.78 is 5.21. The molecular weight excluding hydrogens is 468 g/mol. The SMILES string of the molecule is CCOC(=O)C(Cc1ccc(Cl)c(C)c1)NC(=O)N1CCC(N2Cc3ccccc3NC2=O)CC1. The van der Waals surface area contributed by atoms with Gasteiger partial charge >= 0.3 is 18.0 Å². The van der Waals surface area contributed by atoms with Gasteiger partial charge in [0.1, 0.15) is 6.04 Å². The number of anilines is 1. The number of urea groups is 2. The molecule has 8 nitrogen and oxygen atoms in total. The predicted molar refractivity (Wildman–Crippen MR) is 134 cm³/mol. The average Bonchev–Trinajstić information content (AvgIpc) is 2.85. The molecule has 9 heteroatoms. The van der Waals surface area contributed by atoms with E-state index in [1.807, 2.05) is 48.2 Å². The second kappa shape index (κ2) is 11.0. The summed E-state index contributed by atoms with van der Waals surface area (Å²) in [5.41, 5.74) is 3.73. The van der Waals surface area contributed by atoms with Gasteiger partial charge in [0.2, 0.25) is 0 Å². The number of hydrogen-bond acceptors (Lipinski definition) is 4. The molecule has 2 aromatic rings. The summed E-state index contributed by atoms with van der Waals surface area (Å²) in [5, 5.41) is 6.47. The van der Waals surface area contributed by atoms with Gasteiger partial charge in [-0.2, -0.15) is 0 Å². The van der Waals surface area contributed by atoms with Gasteiger partial charge in [-0.3, -0.25) is 0 Å². The molecule has 4 amide bonds. The lowest BCUT2D eigenvalue weighted by Crippen LogP contribution is -2.55. The smallest absolute Gasteiger partial charge is 0.329 e. The Morgan fingerprint density at radius 3 is 2.66 bits per heavy atom. The first-order chi connectivity index (χ1) is 16.9. The Balaban J connectivity index is 1.36. The maximum atomic E-state index is 13.0. The summed E-state index contributed by atoms with van der Waals surface area (Å²) in [5.74, 6) is -0.466. The first kappa shape index (κ1) is 24.9. The molecule has 2 aliphatic rings. The number of ether oxygens (including phenoxy) is 1. The number of fused-ring (bicyclic) bond motifs is 1. The molecule has 0 bridgehead atoms. The molecule has 0 saturated carbocycles. The maximum Gasteiger partial charge on any atom is 0.329 e. The van der Waals surface area contributed by atoms with E-state index in [4.69, 9.17) is 16.3 Å². The van der Waals surface area contributed by atoms with E-state index in [2.05, 4.69) is 10.6 Å². The number of rotatable bonds is 6. The normalized spacial score (nSPS) is 16.8. The summed E-state index contributed by atoms with van der Waals surface area (Å²) in [6.45, 7) is 5.43. The van der Waals surface area contributed by atoms with Crippen LogP contribution >= 0.6 is 11.6 Å². The van der Waals surface area contributed by atoms with E-state index in [0.717, 1.165) is 22.4 Å². The molecule has 0 aliphatic carbocycles. The van der Waals surface area contributed by atoms with E-state index in [0.29, 0.717) is 43.9 Å². The Morgan fingerprint density at radius 2 is 1.94 bits per heavy atom. The number of halogens is 1. The topological polar surface area (TPSA) is 91.0 Å². The van der Waals surface area contributed by atoms with Gasteiger partial charge in [0.25, 0.3) is 0 Å². The molecule has 35 heavy (non-hydrogen) atoms. The van der Waals surface area contributed by atoms with Gasteiger partial charge in [-0.05, 0) is 55.5 Å². The third kappa shape index (κ3) is 5.88. The Hall–Kier alpha value is -3.26. The number of hydrogen-bond donors (Lipinski definition) is 2. The van der Waals surface area contributed by atoms with Crippen LogP contribution in [-0.4, -0.2) is 59.6 Å². The number of amides is 4.